The minimum absolute atomic E-state index is 0.0449. The van der Waals surface area contributed by atoms with Crippen LogP contribution in [-0.4, -0.2) is 50.2 Å². The number of aliphatic carboxylic acids is 1. The second kappa shape index (κ2) is 8.92. The highest BCUT2D eigenvalue weighted by Crippen LogP contribution is 2.47. The van der Waals surface area contributed by atoms with Gasteiger partial charge in [-0.25, -0.2) is 8.42 Å². The molecule has 1 amide bonds. The first-order valence-electron chi connectivity index (χ1n) is 12.1. The summed E-state index contributed by atoms with van der Waals surface area (Å²) in [5, 5.41) is 12.4. The summed E-state index contributed by atoms with van der Waals surface area (Å²) in [6.07, 6.45) is 3.93. The van der Waals surface area contributed by atoms with E-state index in [-0.39, 0.29) is 30.0 Å². The third-order valence-corrected chi connectivity index (χ3v) is 8.21. The Hall–Kier alpha value is -3.40. The molecule has 2 heterocycles. The number of fused-ring (bicyclic) bond motifs is 1. The van der Waals surface area contributed by atoms with Gasteiger partial charge in [-0.2, -0.15) is 4.98 Å². The Morgan fingerprint density at radius 1 is 1.22 bits per heavy atom. The summed E-state index contributed by atoms with van der Waals surface area (Å²) in [6.45, 7) is 2.11. The molecular formula is C26H29N3O6S. The number of rotatable bonds is 9. The molecule has 2 atom stereocenters. The number of amides is 1. The normalized spacial score (nSPS) is 19.3. The number of carboxylic acids is 1. The average molecular weight is 512 g/mol. The van der Waals surface area contributed by atoms with Gasteiger partial charge in [-0.05, 0) is 56.1 Å². The molecule has 2 N–H and O–H groups in total. The molecule has 2 aromatic heterocycles. The van der Waals surface area contributed by atoms with Crippen LogP contribution >= 0.6 is 0 Å². The lowest BCUT2D eigenvalue weighted by Crippen LogP contribution is -2.33. The van der Waals surface area contributed by atoms with Gasteiger partial charge in [0.1, 0.15) is 11.6 Å². The van der Waals surface area contributed by atoms with Gasteiger partial charge in [-0.15, -0.1) is 0 Å². The Morgan fingerprint density at radius 2 is 1.92 bits per heavy atom. The standard InChI is InChI=1S/C26H29N3O6S/c1-14-4-6-16(7-5-14)22-21(24(30)27-2)20-13-18(15-8-9-15)23(28-25(20)35-22)29(36(3,33)34)11-10-17-12-19(17)26(31)32/h4-7,13,15,17,19H,8-12H2,1-3H3,(H,27,30)(H,31,32)/t17-,19-/m1/s1. The lowest BCUT2D eigenvalue weighted by molar-refractivity contribution is -0.138. The van der Waals surface area contributed by atoms with Crippen LogP contribution in [0.25, 0.3) is 22.4 Å². The minimum atomic E-state index is -3.70. The number of nitrogens with zero attached hydrogens (tertiary/aromatic N) is 2. The molecule has 2 aliphatic carbocycles. The van der Waals surface area contributed by atoms with Crippen LogP contribution in [0, 0.1) is 18.8 Å². The number of hydrogen-bond acceptors (Lipinski definition) is 6. The van der Waals surface area contributed by atoms with Crippen LogP contribution in [0.1, 0.15) is 53.1 Å². The zero-order valence-electron chi connectivity index (χ0n) is 20.4. The summed E-state index contributed by atoms with van der Waals surface area (Å²) in [4.78, 5) is 28.9. The number of anilines is 1. The fraction of sp³-hybridized carbons (Fsp3) is 0.423. The molecule has 2 fully saturated rings. The van der Waals surface area contributed by atoms with Crippen molar-refractivity contribution in [2.45, 2.75) is 38.5 Å². The molecule has 2 saturated carbocycles. The second-order valence-electron chi connectivity index (χ2n) is 9.84. The number of carbonyl (C=O) groups excluding carboxylic acids is 1. The van der Waals surface area contributed by atoms with Gasteiger partial charge in [0, 0.05) is 19.2 Å². The van der Waals surface area contributed by atoms with Crippen molar-refractivity contribution in [3.8, 4) is 11.3 Å². The maximum atomic E-state index is 12.9. The van der Waals surface area contributed by atoms with Crippen LogP contribution < -0.4 is 9.62 Å². The number of sulfonamides is 1. The molecule has 0 bridgehead atoms. The quantitative estimate of drug-likeness (QED) is 0.445. The first kappa shape index (κ1) is 24.3. The average Bonchev–Trinajstić information content (AvgIpc) is 3.75. The molecule has 190 valence electrons. The smallest absolute Gasteiger partial charge is 0.306 e. The molecular weight excluding hydrogens is 482 g/mol. The van der Waals surface area contributed by atoms with Crippen molar-refractivity contribution < 1.29 is 27.5 Å². The number of nitrogens with one attached hydrogen (secondary N) is 1. The molecule has 0 unspecified atom stereocenters. The van der Waals surface area contributed by atoms with Crippen molar-refractivity contribution in [2.24, 2.45) is 11.8 Å². The summed E-state index contributed by atoms with van der Waals surface area (Å²) in [5.74, 6) is -0.793. The van der Waals surface area contributed by atoms with Crippen LogP contribution in [0.5, 0.6) is 0 Å². The molecule has 0 aliphatic heterocycles. The van der Waals surface area contributed by atoms with E-state index >= 15 is 0 Å². The molecule has 5 rings (SSSR count). The van der Waals surface area contributed by atoms with Crippen LogP contribution in [0.4, 0.5) is 5.82 Å². The molecule has 0 radical (unpaired) electrons. The second-order valence-corrected chi connectivity index (χ2v) is 11.8. The highest BCUT2D eigenvalue weighted by atomic mass is 32.2. The van der Waals surface area contributed by atoms with Crippen molar-refractivity contribution in [2.75, 3.05) is 24.2 Å². The maximum absolute atomic E-state index is 12.9. The van der Waals surface area contributed by atoms with Gasteiger partial charge in [0.2, 0.25) is 15.7 Å². The van der Waals surface area contributed by atoms with Gasteiger partial charge < -0.3 is 14.8 Å². The summed E-state index contributed by atoms with van der Waals surface area (Å²) in [5.41, 5.74) is 3.11. The maximum Gasteiger partial charge on any atom is 0.306 e. The van der Waals surface area contributed by atoms with Gasteiger partial charge in [0.05, 0.1) is 23.1 Å². The van der Waals surface area contributed by atoms with E-state index in [1.165, 1.54) is 4.31 Å². The number of carbonyl (C=O) groups is 2. The monoisotopic (exact) mass is 511 g/mol. The highest BCUT2D eigenvalue weighted by Gasteiger charge is 2.43. The van der Waals surface area contributed by atoms with Crippen molar-refractivity contribution >= 4 is 38.8 Å². The van der Waals surface area contributed by atoms with Gasteiger partial charge >= 0.3 is 5.97 Å². The number of aromatic nitrogens is 1. The van der Waals surface area contributed by atoms with E-state index in [0.29, 0.717) is 35.4 Å². The van der Waals surface area contributed by atoms with Gasteiger partial charge in [0.25, 0.3) is 5.91 Å². The third kappa shape index (κ3) is 4.57. The number of pyridine rings is 1. The summed E-state index contributed by atoms with van der Waals surface area (Å²) in [7, 11) is -2.15. The van der Waals surface area contributed by atoms with Gasteiger partial charge in [0.15, 0.2) is 0 Å². The van der Waals surface area contributed by atoms with E-state index in [2.05, 4.69) is 10.3 Å². The molecule has 0 saturated heterocycles. The topological polar surface area (TPSA) is 130 Å². The highest BCUT2D eigenvalue weighted by molar-refractivity contribution is 7.92. The lowest BCUT2D eigenvalue weighted by atomic mass is 10.0. The largest absolute Gasteiger partial charge is 0.481 e. The lowest BCUT2D eigenvalue weighted by Gasteiger charge is -2.24. The van der Waals surface area contributed by atoms with Crippen molar-refractivity contribution in [1.29, 1.82) is 0 Å². The Bertz CT molecular complexity index is 1460. The zero-order valence-corrected chi connectivity index (χ0v) is 21.3. The van der Waals surface area contributed by atoms with Gasteiger partial charge in [-0.1, -0.05) is 29.8 Å². The first-order chi connectivity index (χ1) is 17.1. The van der Waals surface area contributed by atoms with Crippen LogP contribution in [0.15, 0.2) is 34.7 Å². The minimum Gasteiger partial charge on any atom is -0.481 e. The fourth-order valence-corrected chi connectivity index (χ4v) is 5.66. The van der Waals surface area contributed by atoms with Crippen molar-refractivity contribution in [3.05, 3.63) is 47.0 Å². The fourth-order valence-electron chi connectivity index (χ4n) is 4.76. The summed E-state index contributed by atoms with van der Waals surface area (Å²) in [6, 6.07) is 9.45. The molecule has 0 spiro atoms. The Labute approximate surface area is 209 Å². The van der Waals surface area contributed by atoms with Crippen molar-refractivity contribution in [1.82, 2.24) is 10.3 Å². The van der Waals surface area contributed by atoms with E-state index in [9.17, 15) is 23.1 Å². The predicted octanol–water partition coefficient (Wildman–Crippen LogP) is 3.92. The Morgan fingerprint density at radius 3 is 2.47 bits per heavy atom. The molecule has 1 aromatic carbocycles. The van der Waals surface area contributed by atoms with Crippen LogP contribution in [-0.2, 0) is 14.8 Å². The number of aryl methyl sites for hydroxylation is 1. The molecule has 36 heavy (non-hydrogen) atoms. The predicted molar refractivity (Wildman–Crippen MR) is 136 cm³/mol. The van der Waals surface area contributed by atoms with E-state index in [0.717, 1.165) is 35.8 Å². The Balaban J connectivity index is 1.63. The van der Waals surface area contributed by atoms with Crippen LogP contribution in [0.3, 0.4) is 0 Å². The number of benzene rings is 1. The number of hydrogen-bond donors (Lipinski definition) is 2. The molecule has 3 aromatic rings. The SMILES string of the molecule is CNC(=O)c1c(-c2ccc(C)cc2)oc2nc(N(CC[C@@H]3C[C@H]3C(=O)O)S(C)(=O)=O)c(C3CC3)cc12. The first-order valence-corrected chi connectivity index (χ1v) is 13.9. The van der Waals surface area contributed by atoms with E-state index in [4.69, 9.17) is 4.42 Å². The van der Waals surface area contributed by atoms with Crippen LogP contribution in [0.2, 0.25) is 0 Å². The third-order valence-electron chi connectivity index (χ3n) is 7.06. The molecule has 10 heteroatoms. The van der Waals surface area contributed by atoms with Gasteiger partial charge in [-0.3, -0.25) is 13.9 Å². The molecule has 9 nitrogen and oxygen atoms in total. The number of carboxylic acid groups (broad SMARTS) is 1. The number of furan rings is 1. The zero-order chi connectivity index (χ0) is 25.8. The van der Waals surface area contributed by atoms with E-state index in [1.54, 1.807) is 7.05 Å². The summed E-state index contributed by atoms with van der Waals surface area (Å²) >= 11 is 0. The summed E-state index contributed by atoms with van der Waals surface area (Å²) < 4.78 is 33.1. The Kier molecular flexibility index (Phi) is 6.02. The van der Waals surface area contributed by atoms with E-state index < -0.39 is 21.9 Å². The van der Waals surface area contributed by atoms with Crippen molar-refractivity contribution in [3.63, 3.8) is 0 Å². The van der Waals surface area contributed by atoms with E-state index in [1.807, 2.05) is 37.3 Å². The molecule has 2 aliphatic rings.